The van der Waals surface area contributed by atoms with Crippen LogP contribution in [0.15, 0.2) is 24.4 Å². The minimum Gasteiger partial charge on any atom is -0.495 e. The average Bonchev–Trinajstić information content (AvgIpc) is 2.76. The van der Waals surface area contributed by atoms with Crippen LogP contribution < -0.4 is 4.74 Å². The fourth-order valence-electron chi connectivity index (χ4n) is 4.30. The topological polar surface area (TPSA) is 72.0 Å². The number of aryl methyl sites for hydroxylation is 1. The zero-order chi connectivity index (χ0) is 25.9. The summed E-state index contributed by atoms with van der Waals surface area (Å²) in [6, 6.07) is 5.59. The monoisotopic (exact) mass is 501 g/mol. The number of carbonyl (C=O) groups excluding carboxylic acids is 2. The van der Waals surface area contributed by atoms with E-state index in [0.29, 0.717) is 29.4 Å². The lowest BCUT2D eigenvalue weighted by molar-refractivity contribution is 0.000531. The second-order valence-corrected chi connectivity index (χ2v) is 10.7. The van der Waals surface area contributed by atoms with Crippen LogP contribution in [0.5, 0.6) is 5.75 Å². The lowest BCUT2D eigenvalue weighted by Gasteiger charge is -2.40. The molecule has 3 rings (SSSR count). The number of halogens is 1. The van der Waals surface area contributed by atoms with E-state index in [4.69, 9.17) is 21.1 Å². The van der Waals surface area contributed by atoms with Crippen LogP contribution in [0.1, 0.15) is 60.4 Å². The molecule has 35 heavy (non-hydrogen) atoms. The van der Waals surface area contributed by atoms with Gasteiger partial charge in [0.2, 0.25) is 0 Å². The largest absolute Gasteiger partial charge is 0.495 e. The molecule has 1 amide bonds. The highest BCUT2D eigenvalue weighted by atomic mass is 35.5. The molecule has 0 saturated carbocycles. The summed E-state index contributed by atoms with van der Waals surface area (Å²) >= 11 is 6.46. The average molecular weight is 502 g/mol. The number of carbonyl (C=O) groups is 2. The van der Waals surface area contributed by atoms with Crippen LogP contribution in [0.4, 0.5) is 4.79 Å². The molecule has 8 heteroatoms. The molecule has 2 aromatic rings. The highest BCUT2D eigenvalue weighted by molar-refractivity contribution is 6.30. The lowest BCUT2D eigenvalue weighted by Crippen LogP contribution is -2.54. The first-order valence-corrected chi connectivity index (χ1v) is 12.3. The van der Waals surface area contributed by atoms with Gasteiger partial charge < -0.3 is 14.4 Å². The summed E-state index contributed by atoms with van der Waals surface area (Å²) in [6.45, 7) is 14.3. The summed E-state index contributed by atoms with van der Waals surface area (Å²) in [4.78, 5) is 33.9. The number of ketones is 1. The summed E-state index contributed by atoms with van der Waals surface area (Å²) in [6.07, 6.45) is 1.55. The van der Waals surface area contributed by atoms with Gasteiger partial charge in [-0.1, -0.05) is 11.6 Å². The minimum atomic E-state index is -0.514. The van der Waals surface area contributed by atoms with Crippen molar-refractivity contribution in [3.63, 3.8) is 0 Å². The number of methoxy groups -OCH3 is 1. The van der Waals surface area contributed by atoms with Crippen molar-refractivity contribution < 1.29 is 19.1 Å². The second kappa shape index (κ2) is 11.0. The Morgan fingerprint density at radius 3 is 2.46 bits per heavy atom. The van der Waals surface area contributed by atoms with E-state index in [1.54, 1.807) is 24.3 Å². The molecule has 1 aliphatic rings. The molecule has 1 aliphatic heterocycles. The van der Waals surface area contributed by atoms with Gasteiger partial charge in [-0.2, -0.15) is 0 Å². The Morgan fingerprint density at radius 2 is 1.83 bits per heavy atom. The van der Waals surface area contributed by atoms with E-state index >= 15 is 0 Å². The zero-order valence-corrected chi connectivity index (χ0v) is 22.5. The molecule has 1 aromatic carbocycles. The van der Waals surface area contributed by atoms with Crippen molar-refractivity contribution in [2.75, 3.05) is 26.7 Å². The molecular weight excluding hydrogens is 466 g/mol. The van der Waals surface area contributed by atoms with Gasteiger partial charge in [0, 0.05) is 55.4 Å². The summed E-state index contributed by atoms with van der Waals surface area (Å²) in [5.74, 6) is 0.561. The number of hydrogen-bond donors (Lipinski definition) is 0. The molecule has 0 bridgehead atoms. The van der Waals surface area contributed by atoms with Gasteiger partial charge in [-0.15, -0.1) is 0 Å². The number of piperazine rings is 1. The van der Waals surface area contributed by atoms with Crippen molar-refractivity contribution in [2.24, 2.45) is 0 Å². The Morgan fingerprint density at radius 1 is 1.14 bits per heavy atom. The van der Waals surface area contributed by atoms with Crippen LogP contribution in [0, 0.1) is 13.8 Å². The van der Waals surface area contributed by atoms with Gasteiger partial charge in [-0.05, 0) is 76.4 Å². The fourth-order valence-corrected chi connectivity index (χ4v) is 4.56. The molecule has 1 saturated heterocycles. The molecule has 190 valence electrons. The first kappa shape index (κ1) is 27.0. The van der Waals surface area contributed by atoms with Crippen molar-refractivity contribution in [2.45, 2.75) is 66.2 Å². The summed E-state index contributed by atoms with van der Waals surface area (Å²) in [5.41, 5.74) is 3.78. The molecule has 0 radical (unpaired) electrons. The third kappa shape index (κ3) is 6.95. The van der Waals surface area contributed by atoms with E-state index in [0.717, 1.165) is 35.5 Å². The molecule has 0 unspecified atom stereocenters. The standard InChI is InChI=1S/C27H36ClN3O4/c1-17-15-30(8-9-31(17)26(33)35-27(4,5)6)16-22-11-23(28)10-20(18(22)2)12-24(32)21-13-25(34-7)19(3)29-14-21/h10-11,13-14,17H,8-9,12,15-16H2,1-7H3/t17-/m0/s1. The predicted molar refractivity (Wildman–Crippen MR) is 137 cm³/mol. The van der Waals surface area contributed by atoms with Gasteiger partial charge >= 0.3 is 6.09 Å². The van der Waals surface area contributed by atoms with Crippen molar-refractivity contribution in [3.8, 4) is 5.75 Å². The van der Waals surface area contributed by atoms with Crippen molar-refractivity contribution in [1.29, 1.82) is 0 Å². The number of rotatable bonds is 6. The summed E-state index contributed by atoms with van der Waals surface area (Å²) in [5, 5.41) is 0.605. The zero-order valence-electron chi connectivity index (χ0n) is 21.8. The maximum absolute atomic E-state index is 13.0. The van der Waals surface area contributed by atoms with Crippen molar-refractivity contribution in [1.82, 2.24) is 14.8 Å². The molecule has 1 aromatic heterocycles. The highest BCUT2D eigenvalue weighted by Gasteiger charge is 2.31. The predicted octanol–water partition coefficient (Wildman–Crippen LogP) is 5.23. The van der Waals surface area contributed by atoms with Crippen LogP contribution in [0.25, 0.3) is 0 Å². The van der Waals surface area contributed by atoms with E-state index in [9.17, 15) is 9.59 Å². The van der Waals surface area contributed by atoms with Crippen LogP contribution in [-0.4, -0.2) is 65.0 Å². The lowest BCUT2D eigenvalue weighted by atomic mass is 9.96. The summed E-state index contributed by atoms with van der Waals surface area (Å²) < 4.78 is 10.9. The third-order valence-corrected chi connectivity index (χ3v) is 6.47. The highest BCUT2D eigenvalue weighted by Crippen LogP contribution is 2.26. The Labute approximate surface area is 213 Å². The van der Waals surface area contributed by atoms with Gasteiger partial charge in [0.25, 0.3) is 0 Å². The number of pyridine rings is 1. The van der Waals surface area contributed by atoms with E-state index in [1.807, 2.05) is 53.7 Å². The van der Waals surface area contributed by atoms with E-state index in [1.165, 1.54) is 0 Å². The van der Waals surface area contributed by atoms with Crippen LogP contribution >= 0.6 is 11.6 Å². The molecular formula is C27H36ClN3O4. The number of aromatic nitrogens is 1. The number of benzene rings is 1. The quantitative estimate of drug-likeness (QED) is 0.505. The Hall–Kier alpha value is -2.64. The van der Waals surface area contributed by atoms with Crippen LogP contribution in [0.2, 0.25) is 5.02 Å². The Balaban J connectivity index is 1.70. The first-order valence-electron chi connectivity index (χ1n) is 11.9. The van der Waals surface area contributed by atoms with E-state index in [-0.39, 0.29) is 24.3 Å². The van der Waals surface area contributed by atoms with Gasteiger partial charge in [0.1, 0.15) is 11.4 Å². The minimum absolute atomic E-state index is 0.0307. The van der Waals surface area contributed by atoms with Crippen LogP contribution in [-0.2, 0) is 17.7 Å². The summed E-state index contributed by atoms with van der Waals surface area (Å²) in [7, 11) is 1.57. The number of Topliss-reactive ketones (excluding diaryl/α,β-unsaturated/α-hetero) is 1. The van der Waals surface area contributed by atoms with Gasteiger partial charge in [0.05, 0.1) is 12.8 Å². The number of nitrogens with zero attached hydrogens (tertiary/aromatic N) is 3. The van der Waals surface area contributed by atoms with E-state index in [2.05, 4.69) is 9.88 Å². The molecule has 7 nitrogen and oxygen atoms in total. The first-order chi connectivity index (χ1) is 16.4. The van der Waals surface area contributed by atoms with Crippen molar-refractivity contribution >= 4 is 23.5 Å². The number of ether oxygens (including phenoxy) is 2. The molecule has 1 fully saturated rings. The van der Waals surface area contributed by atoms with E-state index < -0.39 is 5.60 Å². The van der Waals surface area contributed by atoms with Crippen LogP contribution in [0.3, 0.4) is 0 Å². The molecule has 0 aliphatic carbocycles. The second-order valence-electron chi connectivity index (χ2n) is 10.2. The molecule has 0 spiro atoms. The van der Waals surface area contributed by atoms with Gasteiger partial charge in [-0.3, -0.25) is 14.7 Å². The molecule has 1 atom stereocenters. The number of amides is 1. The fraction of sp³-hybridized carbons (Fsp3) is 0.519. The molecule has 0 N–H and O–H groups in total. The SMILES string of the molecule is COc1cc(C(=O)Cc2cc(Cl)cc(CN3CCN(C(=O)OC(C)(C)C)[C@@H](C)C3)c2C)cnc1C. The number of hydrogen-bond acceptors (Lipinski definition) is 6. The Kier molecular flexibility index (Phi) is 8.44. The van der Waals surface area contributed by atoms with Gasteiger partial charge in [0.15, 0.2) is 5.78 Å². The third-order valence-electron chi connectivity index (χ3n) is 6.25. The smallest absolute Gasteiger partial charge is 0.410 e. The normalized spacial score (nSPS) is 16.8. The van der Waals surface area contributed by atoms with Gasteiger partial charge in [-0.25, -0.2) is 4.79 Å². The molecule has 2 heterocycles. The maximum atomic E-state index is 13.0. The maximum Gasteiger partial charge on any atom is 0.410 e. The van der Waals surface area contributed by atoms with Crippen molar-refractivity contribution in [3.05, 3.63) is 57.4 Å². The Bertz CT molecular complexity index is 1100.